The number of rotatable bonds is 6. The Bertz CT molecular complexity index is 648. The summed E-state index contributed by atoms with van der Waals surface area (Å²) in [5, 5.41) is 2.16. The van der Waals surface area contributed by atoms with Crippen LogP contribution in [0.5, 0.6) is 0 Å². The number of carbonyl (C=O) groups is 2. The summed E-state index contributed by atoms with van der Waals surface area (Å²) in [7, 11) is 0. The second-order valence-electron chi connectivity index (χ2n) is 6.61. The predicted molar refractivity (Wildman–Crippen MR) is 87.2 cm³/mol. The highest BCUT2D eigenvalue weighted by Crippen LogP contribution is 2.52. The standard InChI is InChI=1S/C16H22N2O5S/c1-3-4-5-21-7-10-6-16(12(19)22-10)9-15(2,23-13(16)20)11-8-24-14(17)18-11/h8,10H,3-7,9H2,1-2H3,(H2,17,18)/t10-,15-,16-/m1/s1. The van der Waals surface area contributed by atoms with Crippen LogP contribution in [-0.4, -0.2) is 36.2 Å². The van der Waals surface area contributed by atoms with Gasteiger partial charge in [0, 0.05) is 24.8 Å². The molecule has 2 aliphatic heterocycles. The first-order valence-electron chi connectivity index (χ1n) is 8.13. The van der Waals surface area contributed by atoms with Crippen molar-refractivity contribution in [2.45, 2.75) is 51.2 Å². The van der Waals surface area contributed by atoms with Crippen LogP contribution in [0.1, 0.15) is 45.2 Å². The predicted octanol–water partition coefficient (Wildman–Crippen LogP) is 2.01. The van der Waals surface area contributed by atoms with Gasteiger partial charge in [0.25, 0.3) is 0 Å². The number of esters is 2. The molecule has 132 valence electrons. The number of hydrogen-bond donors (Lipinski definition) is 1. The number of cyclic esters (lactones) is 2. The molecule has 0 aromatic carbocycles. The maximum atomic E-state index is 12.5. The van der Waals surface area contributed by atoms with Gasteiger partial charge in [-0.1, -0.05) is 13.3 Å². The molecule has 1 spiro atoms. The SMILES string of the molecule is CCCCOC[C@H]1C[C@@]2(C[C@](C)(c3csc(N)n3)OC2=O)C(=O)O1. The van der Waals surface area contributed by atoms with Crippen molar-refractivity contribution in [3.8, 4) is 0 Å². The van der Waals surface area contributed by atoms with Crippen molar-refractivity contribution in [2.24, 2.45) is 5.41 Å². The summed E-state index contributed by atoms with van der Waals surface area (Å²) in [4.78, 5) is 29.1. The smallest absolute Gasteiger partial charge is 0.324 e. The van der Waals surface area contributed by atoms with Crippen LogP contribution in [0.3, 0.4) is 0 Å². The third-order valence-corrected chi connectivity index (χ3v) is 5.27. The molecule has 2 aliphatic rings. The molecule has 0 aliphatic carbocycles. The Kier molecular flexibility index (Phi) is 4.52. The zero-order chi connectivity index (χ0) is 17.4. The Morgan fingerprint density at radius 3 is 2.92 bits per heavy atom. The second-order valence-corrected chi connectivity index (χ2v) is 7.50. The molecule has 0 bridgehead atoms. The van der Waals surface area contributed by atoms with Gasteiger partial charge in [0.15, 0.2) is 16.1 Å². The first-order chi connectivity index (χ1) is 11.4. The number of hydrogen-bond acceptors (Lipinski definition) is 8. The molecule has 0 amide bonds. The number of unbranched alkanes of at least 4 members (excludes halogenated alkanes) is 1. The highest BCUT2D eigenvalue weighted by molar-refractivity contribution is 7.13. The molecule has 2 saturated heterocycles. The summed E-state index contributed by atoms with van der Waals surface area (Å²) in [5.41, 5.74) is 4.03. The van der Waals surface area contributed by atoms with Crippen LogP contribution >= 0.6 is 11.3 Å². The number of anilines is 1. The molecular formula is C16H22N2O5S. The maximum absolute atomic E-state index is 12.5. The minimum atomic E-state index is -1.26. The number of nitrogens with two attached hydrogens (primary N) is 1. The van der Waals surface area contributed by atoms with Gasteiger partial charge in [-0.2, -0.15) is 0 Å². The van der Waals surface area contributed by atoms with E-state index in [2.05, 4.69) is 11.9 Å². The largest absolute Gasteiger partial charge is 0.459 e. The van der Waals surface area contributed by atoms with E-state index in [9.17, 15) is 9.59 Å². The van der Waals surface area contributed by atoms with E-state index in [1.807, 2.05) is 0 Å². The van der Waals surface area contributed by atoms with E-state index in [4.69, 9.17) is 19.9 Å². The van der Waals surface area contributed by atoms with Crippen LogP contribution in [0.15, 0.2) is 5.38 Å². The first kappa shape index (κ1) is 17.2. The van der Waals surface area contributed by atoms with Gasteiger partial charge in [-0.05, 0) is 13.3 Å². The van der Waals surface area contributed by atoms with Gasteiger partial charge in [-0.3, -0.25) is 9.59 Å². The summed E-state index contributed by atoms with van der Waals surface area (Å²) in [5.74, 6) is -1.07. The summed E-state index contributed by atoms with van der Waals surface area (Å²) >= 11 is 1.28. The quantitative estimate of drug-likeness (QED) is 0.474. The van der Waals surface area contributed by atoms with Gasteiger partial charge in [0.2, 0.25) is 0 Å². The van der Waals surface area contributed by atoms with Gasteiger partial charge >= 0.3 is 11.9 Å². The fourth-order valence-electron chi connectivity index (χ4n) is 3.30. The molecule has 24 heavy (non-hydrogen) atoms. The molecule has 0 saturated carbocycles. The van der Waals surface area contributed by atoms with Gasteiger partial charge in [0.05, 0.1) is 12.3 Å². The number of carbonyl (C=O) groups excluding carboxylic acids is 2. The lowest BCUT2D eigenvalue weighted by molar-refractivity contribution is -0.160. The average Bonchev–Trinajstić information content (AvgIpc) is 3.16. The third-order valence-electron chi connectivity index (χ3n) is 4.60. The van der Waals surface area contributed by atoms with E-state index in [0.29, 0.717) is 24.0 Å². The Morgan fingerprint density at radius 2 is 2.25 bits per heavy atom. The molecule has 2 N–H and O–H groups in total. The molecule has 1 aromatic heterocycles. The van der Waals surface area contributed by atoms with Crippen LogP contribution in [-0.2, 0) is 29.4 Å². The van der Waals surface area contributed by atoms with Crippen molar-refractivity contribution in [2.75, 3.05) is 18.9 Å². The monoisotopic (exact) mass is 354 g/mol. The third kappa shape index (κ3) is 2.88. The molecular weight excluding hydrogens is 332 g/mol. The summed E-state index contributed by atoms with van der Waals surface area (Å²) in [6.07, 6.45) is 2.08. The van der Waals surface area contributed by atoms with Gasteiger partial charge in [0.1, 0.15) is 6.10 Å². The lowest BCUT2D eigenvalue weighted by Crippen LogP contribution is -2.32. The number of nitrogen functional groups attached to an aromatic ring is 1. The summed E-state index contributed by atoms with van der Waals surface area (Å²) < 4.78 is 16.5. The van der Waals surface area contributed by atoms with Gasteiger partial charge in [-0.15, -0.1) is 11.3 Å². The first-order valence-corrected chi connectivity index (χ1v) is 9.01. The molecule has 1 aromatic rings. The molecule has 3 heterocycles. The number of thiazole rings is 1. The van der Waals surface area contributed by atoms with Crippen molar-refractivity contribution in [3.05, 3.63) is 11.1 Å². The Morgan fingerprint density at radius 1 is 1.46 bits per heavy atom. The van der Waals surface area contributed by atoms with Gasteiger partial charge in [-0.25, -0.2) is 4.98 Å². The van der Waals surface area contributed by atoms with E-state index in [0.717, 1.165) is 12.8 Å². The van der Waals surface area contributed by atoms with Gasteiger partial charge < -0.3 is 19.9 Å². The van der Waals surface area contributed by atoms with Crippen molar-refractivity contribution in [1.82, 2.24) is 4.98 Å². The molecule has 3 rings (SSSR count). The lowest BCUT2D eigenvalue weighted by Gasteiger charge is -2.20. The minimum Gasteiger partial charge on any atom is -0.459 e. The minimum absolute atomic E-state index is 0.215. The molecule has 0 radical (unpaired) electrons. The maximum Gasteiger partial charge on any atom is 0.324 e. The number of aromatic nitrogens is 1. The molecule has 0 unspecified atom stereocenters. The fourth-order valence-corrected chi connectivity index (χ4v) is 3.99. The van der Waals surface area contributed by atoms with E-state index < -0.39 is 29.1 Å². The van der Waals surface area contributed by atoms with Crippen LogP contribution in [0, 0.1) is 5.41 Å². The summed E-state index contributed by atoms with van der Waals surface area (Å²) in [6, 6.07) is 0. The molecule has 2 fully saturated rings. The Labute approximate surface area is 144 Å². The Hall–Kier alpha value is -1.67. The van der Waals surface area contributed by atoms with E-state index >= 15 is 0 Å². The van der Waals surface area contributed by atoms with Crippen molar-refractivity contribution >= 4 is 28.4 Å². The second kappa shape index (κ2) is 6.33. The highest BCUT2D eigenvalue weighted by atomic mass is 32.1. The Balaban J connectivity index is 1.71. The normalized spacial score (nSPS) is 32.3. The van der Waals surface area contributed by atoms with Crippen molar-refractivity contribution in [3.63, 3.8) is 0 Å². The fraction of sp³-hybridized carbons (Fsp3) is 0.688. The number of ether oxygens (including phenoxy) is 3. The van der Waals surface area contributed by atoms with Crippen LogP contribution in [0.2, 0.25) is 0 Å². The van der Waals surface area contributed by atoms with Crippen LogP contribution < -0.4 is 5.73 Å². The van der Waals surface area contributed by atoms with E-state index in [1.54, 1.807) is 12.3 Å². The zero-order valence-electron chi connectivity index (χ0n) is 13.9. The summed E-state index contributed by atoms with van der Waals surface area (Å²) in [6.45, 7) is 4.76. The lowest BCUT2D eigenvalue weighted by atomic mass is 9.78. The van der Waals surface area contributed by atoms with Crippen molar-refractivity contribution < 1.29 is 23.8 Å². The number of nitrogens with zero attached hydrogens (tertiary/aromatic N) is 1. The molecule has 8 heteroatoms. The topological polar surface area (TPSA) is 101 Å². The van der Waals surface area contributed by atoms with E-state index in [-0.39, 0.29) is 12.8 Å². The van der Waals surface area contributed by atoms with Crippen LogP contribution in [0.4, 0.5) is 5.13 Å². The average molecular weight is 354 g/mol. The molecule has 7 nitrogen and oxygen atoms in total. The van der Waals surface area contributed by atoms with E-state index in [1.165, 1.54) is 11.3 Å². The van der Waals surface area contributed by atoms with Crippen LogP contribution in [0.25, 0.3) is 0 Å². The highest BCUT2D eigenvalue weighted by Gasteiger charge is 2.65. The van der Waals surface area contributed by atoms with Crippen molar-refractivity contribution in [1.29, 1.82) is 0 Å². The molecule has 3 atom stereocenters. The zero-order valence-corrected chi connectivity index (χ0v) is 14.7.